The molecule has 0 aliphatic rings. The standard InChI is InChI=1S/C14H7Br2NO/c15-8-1-3-13-10(5-8)12(7-18)11-6-9(16)2-4-14(11)17-13/h1-7H. The minimum atomic E-state index is 0.678. The van der Waals surface area contributed by atoms with Gasteiger partial charge in [-0.2, -0.15) is 0 Å². The van der Waals surface area contributed by atoms with Gasteiger partial charge < -0.3 is 0 Å². The fourth-order valence-corrected chi connectivity index (χ4v) is 2.77. The van der Waals surface area contributed by atoms with Gasteiger partial charge >= 0.3 is 0 Å². The highest BCUT2D eigenvalue weighted by Crippen LogP contribution is 2.28. The summed E-state index contributed by atoms with van der Waals surface area (Å²) in [6.07, 6.45) is 0.894. The van der Waals surface area contributed by atoms with Crippen molar-refractivity contribution in [3.63, 3.8) is 0 Å². The summed E-state index contributed by atoms with van der Waals surface area (Å²) < 4.78 is 1.88. The van der Waals surface area contributed by atoms with E-state index in [0.29, 0.717) is 5.56 Å². The first-order valence-corrected chi connectivity index (χ1v) is 6.91. The molecule has 0 amide bonds. The van der Waals surface area contributed by atoms with Crippen LogP contribution in [0.3, 0.4) is 0 Å². The molecule has 0 radical (unpaired) electrons. The van der Waals surface area contributed by atoms with Crippen LogP contribution >= 0.6 is 31.9 Å². The average molecular weight is 365 g/mol. The van der Waals surface area contributed by atoms with Gasteiger partial charge in [0.1, 0.15) is 0 Å². The van der Waals surface area contributed by atoms with Gasteiger partial charge in [0.25, 0.3) is 0 Å². The van der Waals surface area contributed by atoms with E-state index >= 15 is 0 Å². The number of pyridine rings is 1. The number of fused-ring (bicyclic) bond motifs is 2. The summed E-state index contributed by atoms with van der Waals surface area (Å²) in [5.74, 6) is 0. The molecule has 2 aromatic carbocycles. The van der Waals surface area contributed by atoms with Crippen LogP contribution < -0.4 is 0 Å². The molecule has 3 aromatic rings. The Kier molecular flexibility index (Phi) is 2.92. The molecule has 0 atom stereocenters. The maximum absolute atomic E-state index is 11.4. The lowest BCUT2D eigenvalue weighted by Gasteiger charge is -2.06. The van der Waals surface area contributed by atoms with Gasteiger partial charge in [-0.3, -0.25) is 4.79 Å². The van der Waals surface area contributed by atoms with Crippen LogP contribution in [0.15, 0.2) is 45.3 Å². The number of carbonyl (C=O) groups excluding carboxylic acids is 1. The van der Waals surface area contributed by atoms with E-state index in [2.05, 4.69) is 36.8 Å². The number of hydrogen-bond donors (Lipinski definition) is 0. The average Bonchev–Trinajstić information content (AvgIpc) is 2.36. The third-order valence-corrected chi connectivity index (χ3v) is 3.84. The zero-order valence-corrected chi connectivity index (χ0v) is 12.3. The molecule has 1 heterocycles. The predicted octanol–water partition coefficient (Wildman–Crippen LogP) is 4.73. The number of hydrogen-bond acceptors (Lipinski definition) is 2. The molecule has 0 N–H and O–H groups in total. The van der Waals surface area contributed by atoms with Crippen molar-refractivity contribution in [2.24, 2.45) is 0 Å². The lowest BCUT2D eigenvalue weighted by atomic mass is 10.0. The molecule has 0 aliphatic carbocycles. The Morgan fingerprint density at radius 1 is 0.889 bits per heavy atom. The zero-order valence-electron chi connectivity index (χ0n) is 9.15. The molecular weight excluding hydrogens is 358 g/mol. The lowest BCUT2D eigenvalue weighted by molar-refractivity contribution is 0.112. The van der Waals surface area contributed by atoms with Gasteiger partial charge in [0, 0.05) is 25.3 Å². The molecule has 0 saturated carbocycles. The molecule has 1 aromatic heterocycles. The quantitative estimate of drug-likeness (QED) is 0.461. The van der Waals surface area contributed by atoms with E-state index in [1.807, 2.05) is 36.4 Å². The van der Waals surface area contributed by atoms with Crippen LogP contribution in [0.1, 0.15) is 10.4 Å². The van der Waals surface area contributed by atoms with Crippen molar-refractivity contribution in [3.8, 4) is 0 Å². The molecule has 18 heavy (non-hydrogen) atoms. The van der Waals surface area contributed by atoms with E-state index in [1.54, 1.807) is 0 Å². The van der Waals surface area contributed by atoms with E-state index in [9.17, 15) is 4.79 Å². The van der Waals surface area contributed by atoms with E-state index in [0.717, 1.165) is 37.0 Å². The van der Waals surface area contributed by atoms with Gasteiger partial charge in [0.05, 0.1) is 11.0 Å². The van der Waals surface area contributed by atoms with Gasteiger partial charge in [0.2, 0.25) is 0 Å². The number of rotatable bonds is 1. The first-order chi connectivity index (χ1) is 8.69. The van der Waals surface area contributed by atoms with Crippen molar-refractivity contribution >= 4 is 60.0 Å². The van der Waals surface area contributed by atoms with Crippen LogP contribution in [-0.2, 0) is 0 Å². The minimum Gasteiger partial charge on any atom is -0.298 e. The van der Waals surface area contributed by atoms with E-state index in [1.165, 1.54) is 0 Å². The minimum absolute atomic E-state index is 0.678. The molecule has 0 saturated heterocycles. The predicted molar refractivity (Wildman–Crippen MR) is 80.0 cm³/mol. The maximum Gasteiger partial charge on any atom is 0.151 e. The highest BCUT2D eigenvalue weighted by Gasteiger charge is 2.09. The second kappa shape index (κ2) is 4.44. The number of nitrogens with zero attached hydrogens (tertiary/aromatic N) is 1. The van der Waals surface area contributed by atoms with Crippen molar-refractivity contribution in [3.05, 3.63) is 50.9 Å². The van der Waals surface area contributed by atoms with Gasteiger partial charge in [-0.25, -0.2) is 4.98 Å². The van der Waals surface area contributed by atoms with Crippen molar-refractivity contribution in [1.29, 1.82) is 0 Å². The fraction of sp³-hybridized carbons (Fsp3) is 0. The van der Waals surface area contributed by atoms with Crippen molar-refractivity contribution in [2.45, 2.75) is 0 Å². The molecule has 0 unspecified atom stereocenters. The highest BCUT2D eigenvalue weighted by atomic mass is 79.9. The molecule has 3 rings (SSSR count). The topological polar surface area (TPSA) is 30.0 Å². The molecule has 0 spiro atoms. The third kappa shape index (κ3) is 1.85. The fourth-order valence-electron chi connectivity index (χ4n) is 2.04. The molecule has 0 aliphatic heterocycles. The Morgan fingerprint density at radius 3 is 1.83 bits per heavy atom. The molecule has 0 fully saturated rings. The second-order valence-electron chi connectivity index (χ2n) is 3.97. The van der Waals surface area contributed by atoms with Gasteiger partial charge in [-0.15, -0.1) is 0 Å². The summed E-state index contributed by atoms with van der Waals surface area (Å²) in [6.45, 7) is 0. The summed E-state index contributed by atoms with van der Waals surface area (Å²) >= 11 is 6.84. The largest absolute Gasteiger partial charge is 0.298 e. The van der Waals surface area contributed by atoms with Gasteiger partial charge in [0.15, 0.2) is 6.29 Å². The smallest absolute Gasteiger partial charge is 0.151 e. The second-order valence-corrected chi connectivity index (χ2v) is 5.80. The monoisotopic (exact) mass is 363 g/mol. The Balaban J connectivity index is 2.57. The zero-order chi connectivity index (χ0) is 12.7. The summed E-state index contributed by atoms with van der Waals surface area (Å²) in [5, 5.41) is 1.73. The first kappa shape index (κ1) is 11.8. The summed E-state index contributed by atoms with van der Waals surface area (Å²) in [7, 11) is 0. The molecule has 88 valence electrons. The Labute approximate surface area is 120 Å². The third-order valence-electron chi connectivity index (χ3n) is 2.86. The number of halogens is 2. The molecule has 0 bridgehead atoms. The summed E-state index contributed by atoms with van der Waals surface area (Å²) in [5.41, 5.74) is 2.34. The number of benzene rings is 2. The van der Waals surface area contributed by atoms with E-state index < -0.39 is 0 Å². The SMILES string of the molecule is O=Cc1c2cc(Br)ccc2nc2ccc(Br)cc12. The van der Waals surface area contributed by atoms with Crippen LogP contribution in [0.5, 0.6) is 0 Å². The van der Waals surface area contributed by atoms with Crippen molar-refractivity contribution in [2.75, 3.05) is 0 Å². The van der Waals surface area contributed by atoms with Gasteiger partial charge in [-0.1, -0.05) is 31.9 Å². The first-order valence-electron chi connectivity index (χ1n) is 5.33. The number of aldehydes is 1. The van der Waals surface area contributed by atoms with Crippen LogP contribution in [-0.4, -0.2) is 11.3 Å². The molecule has 2 nitrogen and oxygen atoms in total. The molecule has 4 heteroatoms. The van der Waals surface area contributed by atoms with Crippen LogP contribution in [0, 0.1) is 0 Å². The van der Waals surface area contributed by atoms with Crippen LogP contribution in [0.4, 0.5) is 0 Å². The van der Waals surface area contributed by atoms with Crippen LogP contribution in [0.2, 0.25) is 0 Å². The Morgan fingerprint density at radius 2 is 1.39 bits per heavy atom. The summed E-state index contributed by atoms with van der Waals surface area (Å²) in [4.78, 5) is 16.0. The van der Waals surface area contributed by atoms with Crippen LogP contribution in [0.25, 0.3) is 21.8 Å². The highest BCUT2D eigenvalue weighted by molar-refractivity contribution is 9.10. The van der Waals surface area contributed by atoms with Crippen molar-refractivity contribution < 1.29 is 4.79 Å². The number of aromatic nitrogens is 1. The maximum atomic E-state index is 11.4. The Hall–Kier alpha value is -1.26. The summed E-state index contributed by atoms with van der Waals surface area (Å²) in [6, 6.07) is 11.5. The number of carbonyl (C=O) groups is 1. The molecular formula is C14H7Br2NO. The Bertz CT molecular complexity index is 723. The van der Waals surface area contributed by atoms with E-state index in [-0.39, 0.29) is 0 Å². The lowest BCUT2D eigenvalue weighted by Crippen LogP contribution is -1.91. The van der Waals surface area contributed by atoms with Crippen molar-refractivity contribution in [1.82, 2.24) is 4.98 Å². The van der Waals surface area contributed by atoms with Gasteiger partial charge in [-0.05, 0) is 36.4 Å². The normalized spacial score (nSPS) is 11.0. The van der Waals surface area contributed by atoms with E-state index in [4.69, 9.17) is 0 Å².